The maximum absolute atomic E-state index is 11.6. The van der Waals surface area contributed by atoms with Crippen LogP contribution in [0.15, 0.2) is 23.1 Å². The van der Waals surface area contributed by atoms with E-state index in [1.54, 1.807) is 23.1 Å². The van der Waals surface area contributed by atoms with Gasteiger partial charge in [0.1, 0.15) is 0 Å². The number of hydrogen-bond donors (Lipinski definition) is 2. The third kappa shape index (κ3) is 3.72. The van der Waals surface area contributed by atoms with Crippen molar-refractivity contribution in [3.05, 3.63) is 23.8 Å². The minimum Gasteiger partial charge on any atom is -0.362 e. The van der Waals surface area contributed by atoms with E-state index in [9.17, 15) is 18.0 Å². The zero-order valence-electron chi connectivity index (χ0n) is 11.6. The van der Waals surface area contributed by atoms with Crippen molar-refractivity contribution in [2.24, 2.45) is 5.73 Å². The predicted octanol–water partition coefficient (Wildman–Crippen LogP) is 0.0376. The lowest BCUT2D eigenvalue weighted by Gasteiger charge is -2.31. The number of fused-ring (bicyclic) bond motifs is 1. The number of carbonyl (C=O) groups excluding carboxylic acids is 2. The quantitative estimate of drug-likeness (QED) is 0.819. The number of benzene rings is 1. The second-order valence-corrected chi connectivity index (χ2v) is 7.02. The summed E-state index contributed by atoms with van der Waals surface area (Å²) in [6, 6.07) is 4.01. The molecule has 3 amide bonds. The normalized spacial score (nSPS) is 14.4. The number of rotatable bonds is 3. The van der Waals surface area contributed by atoms with E-state index in [2.05, 4.69) is 0 Å². The number of sulfone groups is 1. The van der Waals surface area contributed by atoms with Crippen LogP contribution in [-0.2, 0) is 21.1 Å². The molecule has 1 aromatic rings. The van der Waals surface area contributed by atoms with Gasteiger partial charge < -0.3 is 10.6 Å². The van der Waals surface area contributed by atoms with Gasteiger partial charge in [0.05, 0.1) is 11.4 Å². The van der Waals surface area contributed by atoms with Gasteiger partial charge in [0.25, 0.3) is 0 Å². The summed E-state index contributed by atoms with van der Waals surface area (Å²) in [5.41, 5.74) is 6.60. The van der Waals surface area contributed by atoms with E-state index >= 15 is 0 Å². The van der Waals surface area contributed by atoms with Crippen LogP contribution in [0.25, 0.3) is 0 Å². The van der Waals surface area contributed by atoms with E-state index < -0.39 is 21.8 Å². The summed E-state index contributed by atoms with van der Waals surface area (Å²) in [4.78, 5) is 24.3. The first-order valence-corrected chi connectivity index (χ1v) is 8.34. The molecular formula is C13H17N3O4S. The average Bonchev–Trinajstić information content (AvgIpc) is 2.36. The summed E-state index contributed by atoms with van der Waals surface area (Å²) >= 11 is 0. The molecule has 1 aliphatic rings. The Bertz CT molecular complexity index is 685. The van der Waals surface area contributed by atoms with Gasteiger partial charge in [-0.05, 0) is 30.5 Å². The van der Waals surface area contributed by atoms with Crippen molar-refractivity contribution in [3.63, 3.8) is 0 Å². The van der Waals surface area contributed by atoms with Crippen molar-refractivity contribution < 1.29 is 18.0 Å². The molecule has 0 fully saturated rings. The number of nitrogens with two attached hydrogens (primary N) is 1. The molecule has 21 heavy (non-hydrogen) atoms. The third-order valence-electron chi connectivity index (χ3n) is 3.30. The number of urea groups is 1. The van der Waals surface area contributed by atoms with Gasteiger partial charge in [-0.1, -0.05) is 6.07 Å². The van der Waals surface area contributed by atoms with E-state index in [0.717, 1.165) is 24.7 Å². The van der Waals surface area contributed by atoms with Crippen LogP contribution in [0, 0.1) is 0 Å². The van der Waals surface area contributed by atoms with Crippen LogP contribution in [0.3, 0.4) is 0 Å². The van der Waals surface area contributed by atoms with Gasteiger partial charge in [0, 0.05) is 18.5 Å². The fourth-order valence-corrected chi connectivity index (χ4v) is 3.02. The summed E-state index contributed by atoms with van der Waals surface area (Å²) in [5.74, 6) is -0.514. The second-order valence-electron chi connectivity index (χ2n) is 5.00. The van der Waals surface area contributed by atoms with Crippen molar-refractivity contribution in [1.82, 2.24) is 5.32 Å². The molecule has 1 heterocycles. The Labute approximate surface area is 123 Å². The molecule has 114 valence electrons. The van der Waals surface area contributed by atoms with E-state index in [0.29, 0.717) is 12.2 Å². The maximum Gasteiger partial charge on any atom is 0.318 e. The van der Waals surface area contributed by atoms with Gasteiger partial charge >= 0.3 is 6.03 Å². The Hall–Kier alpha value is -2.09. The van der Waals surface area contributed by atoms with Crippen molar-refractivity contribution in [1.29, 1.82) is 0 Å². The number of nitrogens with one attached hydrogen (secondary N) is 1. The standard InChI is InChI=1S/C13H17N3O4S/c1-21(19,20)10-5-4-9-3-2-6-16(11(9)7-10)8-12(17)15-13(14)18/h4-5,7H,2-3,6,8H2,1H3,(H3,14,15,17,18). The first-order chi connectivity index (χ1) is 9.77. The maximum atomic E-state index is 11.6. The highest BCUT2D eigenvalue weighted by atomic mass is 32.2. The largest absolute Gasteiger partial charge is 0.362 e. The highest BCUT2D eigenvalue weighted by Gasteiger charge is 2.21. The van der Waals surface area contributed by atoms with E-state index in [1.165, 1.54) is 0 Å². The third-order valence-corrected chi connectivity index (χ3v) is 4.41. The fourth-order valence-electron chi connectivity index (χ4n) is 2.38. The Morgan fingerprint density at radius 3 is 2.71 bits per heavy atom. The molecule has 0 aliphatic carbocycles. The number of nitrogens with zero attached hydrogens (tertiary/aromatic N) is 1. The predicted molar refractivity (Wildman–Crippen MR) is 77.8 cm³/mol. The second kappa shape index (κ2) is 5.72. The Morgan fingerprint density at radius 2 is 2.10 bits per heavy atom. The van der Waals surface area contributed by atoms with Crippen LogP contribution in [0.1, 0.15) is 12.0 Å². The van der Waals surface area contributed by atoms with Crippen LogP contribution in [-0.4, -0.2) is 39.7 Å². The van der Waals surface area contributed by atoms with Gasteiger partial charge in [-0.25, -0.2) is 13.2 Å². The zero-order chi connectivity index (χ0) is 15.6. The number of primary amides is 1. The minimum absolute atomic E-state index is 0.0385. The first-order valence-electron chi connectivity index (χ1n) is 6.44. The van der Waals surface area contributed by atoms with E-state index in [-0.39, 0.29) is 11.4 Å². The zero-order valence-corrected chi connectivity index (χ0v) is 12.4. The number of imide groups is 1. The van der Waals surface area contributed by atoms with Crippen LogP contribution in [0.5, 0.6) is 0 Å². The summed E-state index contributed by atoms with van der Waals surface area (Å²) < 4.78 is 23.3. The van der Waals surface area contributed by atoms with Crippen LogP contribution < -0.4 is 16.0 Å². The lowest BCUT2D eigenvalue weighted by atomic mass is 10.0. The first kappa shape index (κ1) is 15.3. The van der Waals surface area contributed by atoms with Crippen molar-refractivity contribution >= 4 is 27.5 Å². The van der Waals surface area contributed by atoms with Gasteiger partial charge in [0.2, 0.25) is 5.91 Å². The summed E-state index contributed by atoms with van der Waals surface area (Å²) in [5, 5.41) is 2.01. The topological polar surface area (TPSA) is 110 Å². The van der Waals surface area contributed by atoms with Gasteiger partial charge in [0.15, 0.2) is 9.84 Å². The Balaban J connectivity index is 2.29. The lowest BCUT2D eigenvalue weighted by Crippen LogP contribution is -2.43. The van der Waals surface area contributed by atoms with Crippen molar-refractivity contribution in [2.75, 3.05) is 24.2 Å². The smallest absolute Gasteiger partial charge is 0.318 e. The van der Waals surface area contributed by atoms with Crippen molar-refractivity contribution in [3.8, 4) is 0 Å². The molecule has 7 nitrogen and oxygen atoms in total. The van der Waals surface area contributed by atoms with Crippen molar-refractivity contribution in [2.45, 2.75) is 17.7 Å². The highest BCUT2D eigenvalue weighted by Crippen LogP contribution is 2.29. The SMILES string of the molecule is CS(=O)(=O)c1ccc2c(c1)N(CC(=O)NC(N)=O)CCC2. The minimum atomic E-state index is -3.31. The Morgan fingerprint density at radius 1 is 1.38 bits per heavy atom. The molecule has 3 N–H and O–H groups in total. The summed E-state index contributed by atoms with van der Waals surface area (Å²) in [7, 11) is -3.31. The number of anilines is 1. The number of aryl methyl sites for hydroxylation is 1. The summed E-state index contributed by atoms with van der Waals surface area (Å²) in [6.45, 7) is 0.579. The molecule has 1 aliphatic heterocycles. The molecular weight excluding hydrogens is 294 g/mol. The van der Waals surface area contributed by atoms with Gasteiger partial charge in [-0.3, -0.25) is 10.1 Å². The number of hydrogen-bond acceptors (Lipinski definition) is 5. The fraction of sp³-hybridized carbons (Fsp3) is 0.385. The molecule has 1 aromatic carbocycles. The van der Waals surface area contributed by atoms with E-state index in [4.69, 9.17) is 5.73 Å². The molecule has 2 rings (SSSR count). The van der Waals surface area contributed by atoms with Crippen LogP contribution in [0.4, 0.5) is 10.5 Å². The lowest BCUT2D eigenvalue weighted by molar-refractivity contribution is -0.118. The van der Waals surface area contributed by atoms with E-state index in [1.807, 2.05) is 5.32 Å². The molecule has 0 atom stereocenters. The molecule has 0 radical (unpaired) electrons. The molecule has 0 saturated heterocycles. The average molecular weight is 311 g/mol. The number of amides is 3. The van der Waals surface area contributed by atoms with Crippen LogP contribution >= 0.6 is 0 Å². The summed E-state index contributed by atoms with van der Waals surface area (Å²) in [6.07, 6.45) is 2.82. The highest BCUT2D eigenvalue weighted by molar-refractivity contribution is 7.90. The van der Waals surface area contributed by atoms with Gasteiger partial charge in [-0.15, -0.1) is 0 Å². The molecule has 0 aromatic heterocycles. The number of carbonyl (C=O) groups is 2. The molecule has 0 bridgehead atoms. The molecule has 0 unspecified atom stereocenters. The van der Waals surface area contributed by atoms with Crippen LogP contribution in [0.2, 0.25) is 0 Å². The molecule has 0 saturated carbocycles. The molecule has 0 spiro atoms. The molecule has 8 heteroatoms. The Kier molecular flexibility index (Phi) is 4.17. The van der Waals surface area contributed by atoms with Gasteiger partial charge in [-0.2, -0.15) is 0 Å². The monoisotopic (exact) mass is 311 g/mol.